The van der Waals surface area contributed by atoms with Crippen LogP contribution in [0.15, 0.2) is 42.5 Å². The second-order valence-corrected chi connectivity index (χ2v) is 7.12. The third-order valence-corrected chi connectivity index (χ3v) is 5.24. The lowest BCUT2D eigenvalue weighted by Gasteiger charge is -2.28. The van der Waals surface area contributed by atoms with Gasteiger partial charge in [-0.05, 0) is 68.5 Å². The molecule has 0 bridgehead atoms. The number of amides is 1. The number of hydrogen-bond acceptors (Lipinski definition) is 4. The first-order valence-corrected chi connectivity index (χ1v) is 9.68. The summed E-state index contributed by atoms with van der Waals surface area (Å²) in [5, 5.41) is 2.97. The summed E-state index contributed by atoms with van der Waals surface area (Å²) < 4.78 is 0. The second-order valence-electron chi connectivity index (χ2n) is 7.12. The maximum absolute atomic E-state index is 12.6. The molecule has 0 unspecified atom stereocenters. The van der Waals surface area contributed by atoms with E-state index in [9.17, 15) is 4.79 Å². The first-order chi connectivity index (χ1) is 12.8. The highest BCUT2D eigenvalue weighted by Crippen LogP contribution is 2.22. The van der Waals surface area contributed by atoms with Crippen LogP contribution in [0, 0.1) is 0 Å². The van der Waals surface area contributed by atoms with Crippen molar-refractivity contribution in [1.82, 2.24) is 4.98 Å². The number of benzene rings is 1. The summed E-state index contributed by atoms with van der Waals surface area (Å²) in [6.45, 7) is 4.30. The summed E-state index contributed by atoms with van der Waals surface area (Å²) >= 11 is 0. The Balaban J connectivity index is 1.42. The molecule has 5 nitrogen and oxygen atoms in total. The molecule has 2 fully saturated rings. The van der Waals surface area contributed by atoms with E-state index in [1.165, 1.54) is 37.8 Å². The Bertz CT molecular complexity index is 747. The van der Waals surface area contributed by atoms with Gasteiger partial charge in [-0.25, -0.2) is 4.98 Å². The van der Waals surface area contributed by atoms with Crippen molar-refractivity contribution < 1.29 is 4.79 Å². The molecule has 2 aromatic rings. The van der Waals surface area contributed by atoms with E-state index < -0.39 is 0 Å². The summed E-state index contributed by atoms with van der Waals surface area (Å²) in [7, 11) is 0. The van der Waals surface area contributed by atoms with Crippen LogP contribution in [0.3, 0.4) is 0 Å². The first-order valence-electron chi connectivity index (χ1n) is 9.68. The van der Waals surface area contributed by atoms with Gasteiger partial charge in [0.15, 0.2) is 0 Å². The summed E-state index contributed by atoms with van der Waals surface area (Å²) in [6.07, 6.45) is 6.24. The fourth-order valence-electron chi connectivity index (χ4n) is 3.77. The van der Waals surface area contributed by atoms with Gasteiger partial charge in [-0.2, -0.15) is 0 Å². The van der Waals surface area contributed by atoms with Crippen molar-refractivity contribution in [2.24, 2.45) is 0 Å². The zero-order valence-electron chi connectivity index (χ0n) is 15.2. The van der Waals surface area contributed by atoms with Crippen molar-refractivity contribution in [2.75, 3.05) is 41.3 Å². The molecule has 1 N–H and O–H groups in total. The molecule has 5 heteroatoms. The molecule has 2 aliphatic rings. The molecule has 3 heterocycles. The van der Waals surface area contributed by atoms with Crippen LogP contribution in [-0.2, 0) is 0 Å². The molecule has 26 heavy (non-hydrogen) atoms. The maximum atomic E-state index is 12.6. The number of anilines is 3. The van der Waals surface area contributed by atoms with Crippen LogP contribution < -0.4 is 15.1 Å². The van der Waals surface area contributed by atoms with E-state index in [1.807, 2.05) is 24.3 Å². The van der Waals surface area contributed by atoms with E-state index in [0.29, 0.717) is 5.69 Å². The van der Waals surface area contributed by atoms with Gasteiger partial charge < -0.3 is 15.1 Å². The van der Waals surface area contributed by atoms with Gasteiger partial charge in [0, 0.05) is 37.6 Å². The molecule has 0 atom stereocenters. The molecule has 1 amide bonds. The van der Waals surface area contributed by atoms with Crippen molar-refractivity contribution in [3.63, 3.8) is 0 Å². The van der Waals surface area contributed by atoms with Crippen molar-refractivity contribution in [3.8, 4) is 0 Å². The van der Waals surface area contributed by atoms with Gasteiger partial charge >= 0.3 is 0 Å². The van der Waals surface area contributed by atoms with E-state index in [1.54, 1.807) is 6.07 Å². The van der Waals surface area contributed by atoms with Gasteiger partial charge in [0.2, 0.25) is 0 Å². The molecule has 2 aliphatic heterocycles. The fraction of sp³-hybridized carbons (Fsp3) is 0.429. The Morgan fingerprint density at radius 3 is 2.19 bits per heavy atom. The number of piperidine rings is 1. The second kappa shape index (κ2) is 7.77. The topological polar surface area (TPSA) is 48.5 Å². The van der Waals surface area contributed by atoms with Gasteiger partial charge in [0.05, 0.1) is 0 Å². The summed E-state index contributed by atoms with van der Waals surface area (Å²) in [4.78, 5) is 21.8. The average molecular weight is 350 g/mol. The highest BCUT2D eigenvalue weighted by molar-refractivity contribution is 6.03. The number of nitrogens with zero attached hydrogens (tertiary/aromatic N) is 3. The molecule has 1 aromatic carbocycles. The molecule has 0 saturated carbocycles. The minimum atomic E-state index is -0.156. The van der Waals surface area contributed by atoms with Gasteiger partial charge in [-0.15, -0.1) is 0 Å². The fourth-order valence-corrected chi connectivity index (χ4v) is 3.77. The molecule has 4 rings (SSSR count). The molecule has 136 valence electrons. The zero-order chi connectivity index (χ0) is 17.8. The van der Waals surface area contributed by atoms with Crippen molar-refractivity contribution in [2.45, 2.75) is 32.1 Å². The number of nitrogens with one attached hydrogen (secondary N) is 1. The van der Waals surface area contributed by atoms with Crippen LogP contribution in [-0.4, -0.2) is 37.1 Å². The van der Waals surface area contributed by atoms with Gasteiger partial charge in [0.1, 0.15) is 11.5 Å². The minimum Gasteiger partial charge on any atom is -0.372 e. The predicted octanol–water partition coefficient (Wildman–Crippen LogP) is 3.92. The number of carbonyl (C=O) groups is 1. The van der Waals surface area contributed by atoms with Crippen LogP contribution in [0.25, 0.3) is 0 Å². The lowest BCUT2D eigenvalue weighted by molar-refractivity contribution is 0.102. The van der Waals surface area contributed by atoms with E-state index in [0.717, 1.165) is 37.7 Å². The Morgan fingerprint density at radius 2 is 1.46 bits per heavy atom. The summed E-state index contributed by atoms with van der Waals surface area (Å²) in [5.74, 6) is 0.743. The predicted molar refractivity (Wildman–Crippen MR) is 106 cm³/mol. The normalized spacial score (nSPS) is 17.4. The van der Waals surface area contributed by atoms with Crippen molar-refractivity contribution in [1.29, 1.82) is 0 Å². The standard InChI is InChI=1S/C21H26N4O/c26-21(19-7-6-8-20(23-19)25-15-4-5-16-25)22-17-9-11-18(12-10-17)24-13-2-1-3-14-24/h6-12H,1-5,13-16H2,(H,22,26). The molecule has 0 aliphatic carbocycles. The van der Waals surface area contributed by atoms with E-state index in [2.05, 4.69) is 32.2 Å². The van der Waals surface area contributed by atoms with Crippen molar-refractivity contribution in [3.05, 3.63) is 48.2 Å². The molecular formula is C21H26N4O. The third-order valence-electron chi connectivity index (χ3n) is 5.24. The highest BCUT2D eigenvalue weighted by Gasteiger charge is 2.16. The monoisotopic (exact) mass is 350 g/mol. The molecular weight excluding hydrogens is 324 g/mol. The average Bonchev–Trinajstić information content (AvgIpc) is 3.24. The Morgan fingerprint density at radius 1 is 0.808 bits per heavy atom. The number of aromatic nitrogens is 1. The number of pyridine rings is 1. The molecule has 0 spiro atoms. The third kappa shape index (κ3) is 3.82. The van der Waals surface area contributed by atoms with Crippen LogP contribution in [0.2, 0.25) is 0 Å². The number of hydrogen-bond donors (Lipinski definition) is 1. The van der Waals surface area contributed by atoms with Gasteiger partial charge in [0.25, 0.3) is 5.91 Å². The SMILES string of the molecule is O=C(Nc1ccc(N2CCCCC2)cc1)c1cccc(N2CCCC2)n1. The molecule has 2 saturated heterocycles. The maximum Gasteiger partial charge on any atom is 0.274 e. The Labute approximate surface area is 155 Å². The largest absolute Gasteiger partial charge is 0.372 e. The quantitative estimate of drug-likeness (QED) is 0.908. The summed E-state index contributed by atoms with van der Waals surface area (Å²) in [6, 6.07) is 13.8. The Kier molecular flexibility index (Phi) is 5.04. The van der Waals surface area contributed by atoms with E-state index in [4.69, 9.17) is 0 Å². The minimum absolute atomic E-state index is 0.156. The summed E-state index contributed by atoms with van der Waals surface area (Å²) in [5.41, 5.74) is 2.51. The van der Waals surface area contributed by atoms with Gasteiger partial charge in [-0.1, -0.05) is 6.07 Å². The van der Waals surface area contributed by atoms with E-state index >= 15 is 0 Å². The first kappa shape index (κ1) is 16.9. The van der Waals surface area contributed by atoms with Crippen LogP contribution in [0.1, 0.15) is 42.6 Å². The molecule has 1 aromatic heterocycles. The smallest absolute Gasteiger partial charge is 0.274 e. The van der Waals surface area contributed by atoms with Crippen LogP contribution in [0.4, 0.5) is 17.2 Å². The lowest BCUT2D eigenvalue weighted by Crippen LogP contribution is -2.29. The zero-order valence-corrected chi connectivity index (χ0v) is 15.2. The van der Waals surface area contributed by atoms with Crippen LogP contribution in [0.5, 0.6) is 0 Å². The highest BCUT2D eigenvalue weighted by atomic mass is 16.1. The molecule has 0 radical (unpaired) electrons. The van der Waals surface area contributed by atoms with Gasteiger partial charge in [-0.3, -0.25) is 4.79 Å². The van der Waals surface area contributed by atoms with E-state index in [-0.39, 0.29) is 5.91 Å². The van der Waals surface area contributed by atoms with Crippen LogP contribution >= 0.6 is 0 Å². The lowest BCUT2D eigenvalue weighted by atomic mass is 10.1. The number of carbonyl (C=O) groups excluding carboxylic acids is 1. The Hall–Kier alpha value is -2.56. The number of rotatable bonds is 4. The van der Waals surface area contributed by atoms with Crippen molar-refractivity contribution >= 4 is 23.1 Å².